The van der Waals surface area contributed by atoms with Crippen molar-refractivity contribution in [3.63, 3.8) is 0 Å². The molecule has 2 aromatic rings. The molecule has 1 aromatic heterocycles. The number of aryl methyl sites for hydroxylation is 3. The fraction of sp³-hybridized carbons (Fsp3) is 0.294. The van der Waals surface area contributed by atoms with E-state index in [0.717, 1.165) is 5.75 Å². The van der Waals surface area contributed by atoms with Gasteiger partial charge >= 0.3 is 0 Å². The Bertz CT molecular complexity index is 710. The number of carbonyl (C=O) groups is 2. The number of nitrogens with one attached hydrogen (secondary N) is 2. The molecule has 6 heteroatoms. The van der Waals surface area contributed by atoms with Gasteiger partial charge in [-0.25, -0.2) is 0 Å². The van der Waals surface area contributed by atoms with Crippen molar-refractivity contribution >= 4 is 23.6 Å². The number of benzene rings is 1. The molecule has 0 spiro atoms. The summed E-state index contributed by atoms with van der Waals surface area (Å²) in [6, 6.07) is 9.81. The largest absolute Gasteiger partial charge is 0.466 e. The topological polar surface area (TPSA) is 71.3 Å². The molecule has 2 rings (SSSR count). The van der Waals surface area contributed by atoms with Gasteiger partial charge in [-0.3, -0.25) is 20.4 Å². The molecule has 0 unspecified atom stereocenters. The number of amides is 2. The molecular formula is C17H20N2O3S. The van der Waals surface area contributed by atoms with Crippen molar-refractivity contribution in [2.45, 2.75) is 26.5 Å². The van der Waals surface area contributed by atoms with Gasteiger partial charge in [0.05, 0.1) is 11.3 Å². The summed E-state index contributed by atoms with van der Waals surface area (Å²) in [7, 11) is 0. The Labute approximate surface area is 139 Å². The van der Waals surface area contributed by atoms with Gasteiger partial charge in [0.25, 0.3) is 5.91 Å². The van der Waals surface area contributed by atoms with Crippen LogP contribution in [0.1, 0.15) is 33.0 Å². The van der Waals surface area contributed by atoms with Gasteiger partial charge < -0.3 is 4.42 Å². The van der Waals surface area contributed by atoms with E-state index in [-0.39, 0.29) is 17.6 Å². The average molecular weight is 332 g/mol. The monoisotopic (exact) mass is 332 g/mol. The standard InChI is InChI=1S/C17H20N2O3S/c1-11-5-4-6-14(7-11)9-23-10-16(20)18-19-17(21)15-8-12(2)22-13(15)3/h4-8H,9-10H2,1-3H3,(H,18,20)(H,19,21). The first-order chi connectivity index (χ1) is 11.0. The van der Waals surface area contributed by atoms with Crippen LogP contribution in [0.15, 0.2) is 34.7 Å². The quantitative estimate of drug-likeness (QED) is 0.826. The normalized spacial score (nSPS) is 10.4. The highest BCUT2D eigenvalue weighted by molar-refractivity contribution is 7.99. The van der Waals surface area contributed by atoms with E-state index in [0.29, 0.717) is 17.1 Å². The first kappa shape index (κ1) is 17.1. The Kier molecular flexibility index (Phi) is 5.87. The van der Waals surface area contributed by atoms with E-state index in [1.165, 1.54) is 22.9 Å². The van der Waals surface area contributed by atoms with Crippen LogP contribution in [0.2, 0.25) is 0 Å². The predicted octanol–water partition coefficient (Wildman–Crippen LogP) is 2.90. The lowest BCUT2D eigenvalue weighted by Crippen LogP contribution is -2.42. The lowest BCUT2D eigenvalue weighted by Gasteiger charge is -2.07. The van der Waals surface area contributed by atoms with E-state index < -0.39 is 0 Å². The van der Waals surface area contributed by atoms with E-state index >= 15 is 0 Å². The first-order valence-corrected chi connectivity index (χ1v) is 8.40. The van der Waals surface area contributed by atoms with Gasteiger partial charge in [-0.2, -0.15) is 0 Å². The van der Waals surface area contributed by atoms with Crippen LogP contribution in [0.25, 0.3) is 0 Å². The van der Waals surface area contributed by atoms with Gasteiger partial charge in [0.15, 0.2) is 0 Å². The molecule has 2 amide bonds. The smallest absolute Gasteiger partial charge is 0.273 e. The second-order valence-corrected chi connectivity index (χ2v) is 6.30. The van der Waals surface area contributed by atoms with Gasteiger partial charge in [-0.05, 0) is 32.4 Å². The minimum absolute atomic E-state index is 0.242. The molecule has 0 fully saturated rings. The number of thioether (sulfide) groups is 1. The summed E-state index contributed by atoms with van der Waals surface area (Å²) in [6.45, 7) is 5.52. The van der Waals surface area contributed by atoms with Gasteiger partial charge in [0.2, 0.25) is 5.91 Å². The third-order valence-electron chi connectivity index (χ3n) is 3.19. The van der Waals surface area contributed by atoms with Gasteiger partial charge in [0, 0.05) is 5.75 Å². The molecule has 1 aromatic carbocycles. The first-order valence-electron chi connectivity index (χ1n) is 7.25. The number of hydrogen-bond donors (Lipinski definition) is 2. The van der Waals surface area contributed by atoms with Crippen LogP contribution in [0.3, 0.4) is 0 Å². The molecular weight excluding hydrogens is 312 g/mol. The molecule has 0 bridgehead atoms. The summed E-state index contributed by atoms with van der Waals surface area (Å²) in [5.74, 6) is 1.60. The molecule has 23 heavy (non-hydrogen) atoms. The van der Waals surface area contributed by atoms with Crippen LogP contribution in [-0.2, 0) is 10.5 Å². The molecule has 0 aliphatic heterocycles. The van der Waals surface area contributed by atoms with E-state index in [2.05, 4.69) is 16.9 Å². The minimum Gasteiger partial charge on any atom is -0.466 e. The molecule has 0 radical (unpaired) electrons. The van der Waals surface area contributed by atoms with Crippen LogP contribution in [0, 0.1) is 20.8 Å². The van der Waals surface area contributed by atoms with Gasteiger partial charge in [-0.15, -0.1) is 11.8 Å². The summed E-state index contributed by atoms with van der Waals surface area (Å²) >= 11 is 1.50. The second kappa shape index (κ2) is 7.87. The SMILES string of the molecule is Cc1cccc(CSCC(=O)NNC(=O)c2cc(C)oc2C)c1. The highest BCUT2D eigenvalue weighted by Gasteiger charge is 2.14. The summed E-state index contributed by atoms with van der Waals surface area (Å²) in [5, 5.41) is 0. The van der Waals surface area contributed by atoms with E-state index in [1.807, 2.05) is 25.1 Å². The maximum atomic E-state index is 11.9. The molecule has 5 nitrogen and oxygen atoms in total. The highest BCUT2D eigenvalue weighted by atomic mass is 32.2. The maximum Gasteiger partial charge on any atom is 0.273 e. The number of hydrogen-bond acceptors (Lipinski definition) is 4. The lowest BCUT2D eigenvalue weighted by atomic mass is 10.2. The van der Waals surface area contributed by atoms with Crippen molar-refractivity contribution in [1.29, 1.82) is 0 Å². The zero-order chi connectivity index (χ0) is 16.8. The van der Waals surface area contributed by atoms with Crippen molar-refractivity contribution in [2.24, 2.45) is 0 Å². The van der Waals surface area contributed by atoms with Crippen molar-refractivity contribution in [1.82, 2.24) is 10.9 Å². The molecule has 122 valence electrons. The number of carbonyl (C=O) groups excluding carboxylic acids is 2. The Hall–Kier alpha value is -2.21. The average Bonchev–Trinajstić information content (AvgIpc) is 2.84. The van der Waals surface area contributed by atoms with Crippen molar-refractivity contribution in [3.8, 4) is 0 Å². The van der Waals surface area contributed by atoms with Crippen LogP contribution >= 0.6 is 11.8 Å². The molecule has 2 N–H and O–H groups in total. The Morgan fingerprint density at radius 2 is 1.91 bits per heavy atom. The molecule has 0 aliphatic rings. The van der Waals surface area contributed by atoms with Crippen molar-refractivity contribution in [3.05, 3.63) is 58.5 Å². The van der Waals surface area contributed by atoms with Gasteiger partial charge in [-0.1, -0.05) is 29.8 Å². The lowest BCUT2D eigenvalue weighted by molar-refractivity contribution is -0.119. The third-order valence-corrected chi connectivity index (χ3v) is 4.19. The van der Waals surface area contributed by atoms with Crippen LogP contribution in [-0.4, -0.2) is 17.6 Å². The third kappa shape index (κ3) is 5.17. The highest BCUT2D eigenvalue weighted by Crippen LogP contribution is 2.14. The van der Waals surface area contributed by atoms with Crippen LogP contribution < -0.4 is 10.9 Å². The van der Waals surface area contributed by atoms with E-state index in [9.17, 15) is 9.59 Å². The summed E-state index contributed by atoms with van der Waals surface area (Å²) in [4.78, 5) is 23.7. The number of rotatable bonds is 5. The minimum atomic E-state index is -0.378. The summed E-state index contributed by atoms with van der Waals surface area (Å²) < 4.78 is 5.29. The van der Waals surface area contributed by atoms with E-state index in [4.69, 9.17) is 4.42 Å². The van der Waals surface area contributed by atoms with Crippen molar-refractivity contribution < 1.29 is 14.0 Å². The summed E-state index contributed by atoms with van der Waals surface area (Å²) in [6.07, 6.45) is 0. The maximum absolute atomic E-state index is 11.9. The fourth-order valence-corrected chi connectivity index (χ4v) is 2.92. The second-order valence-electron chi connectivity index (χ2n) is 5.31. The van der Waals surface area contributed by atoms with Crippen molar-refractivity contribution in [2.75, 3.05) is 5.75 Å². The zero-order valence-electron chi connectivity index (χ0n) is 13.4. The molecule has 1 heterocycles. The Morgan fingerprint density at radius 1 is 1.13 bits per heavy atom. The van der Waals surface area contributed by atoms with Crippen LogP contribution in [0.4, 0.5) is 0 Å². The Balaban J connectivity index is 1.73. The number of furan rings is 1. The summed E-state index contributed by atoms with van der Waals surface area (Å²) in [5.41, 5.74) is 7.62. The van der Waals surface area contributed by atoms with Gasteiger partial charge in [0.1, 0.15) is 11.5 Å². The fourth-order valence-electron chi connectivity index (χ4n) is 2.15. The molecule has 0 aliphatic carbocycles. The van der Waals surface area contributed by atoms with Crippen LogP contribution in [0.5, 0.6) is 0 Å². The zero-order valence-corrected chi connectivity index (χ0v) is 14.3. The molecule has 0 saturated carbocycles. The molecule has 0 atom stereocenters. The Morgan fingerprint density at radius 3 is 2.57 bits per heavy atom. The number of hydrazine groups is 1. The predicted molar refractivity (Wildman–Crippen MR) is 91.1 cm³/mol. The van der Waals surface area contributed by atoms with E-state index in [1.54, 1.807) is 19.9 Å². The molecule has 0 saturated heterocycles.